The fourth-order valence-electron chi connectivity index (χ4n) is 18.2. The fourth-order valence-corrected chi connectivity index (χ4v) is 18.2. The third-order valence-corrected chi connectivity index (χ3v) is 24.0. The van der Waals surface area contributed by atoms with E-state index >= 15 is 0 Å². The number of hydrogen-bond acceptors (Lipinski definition) is 4. The molecule has 0 aliphatic heterocycles. The second kappa shape index (κ2) is 31.3. The van der Waals surface area contributed by atoms with E-state index in [9.17, 15) is 0 Å². The topological polar surface area (TPSA) is 42.1 Å². The molecule has 3 aromatic heterocycles. The Morgan fingerprint density at radius 2 is 0.352 bits per heavy atom. The normalized spacial score (nSPS) is 11.4. The van der Waals surface area contributed by atoms with Gasteiger partial charge >= 0.3 is 0 Å². The number of benzene rings is 19. The Hall–Kier alpha value is -16.3. The van der Waals surface area contributed by atoms with Crippen molar-refractivity contribution in [3.8, 4) is 123 Å². The zero-order valence-electron chi connectivity index (χ0n) is 66.7. The predicted octanol–water partition coefficient (Wildman–Crippen LogP) is 31.4. The smallest absolute Gasteiger partial charge is 0.0973 e. The van der Waals surface area contributed by atoms with Crippen LogP contribution in [-0.2, 0) is 0 Å². The van der Waals surface area contributed by atoms with Crippen LogP contribution in [0.25, 0.3) is 178 Å². The van der Waals surface area contributed by atoms with Crippen molar-refractivity contribution in [1.29, 1.82) is 0 Å². The van der Waals surface area contributed by atoms with Gasteiger partial charge in [-0.25, -0.2) is 9.97 Å². The van der Waals surface area contributed by atoms with Crippen LogP contribution in [0.5, 0.6) is 0 Å². The lowest BCUT2D eigenvalue weighted by Gasteiger charge is -2.26. The minimum absolute atomic E-state index is 0.798. The van der Waals surface area contributed by atoms with Crippen LogP contribution < -0.4 is 9.80 Å². The molecule has 6 heteroatoms. The number of para-hydroxylation sites is 4. The first kappa shape index (κ1) is 72.2. The lowest BCUT2D eigenvalue weighted by atomic mass is 9.92. The third-order valence-electron chi connectivity index (χ3n) is 24.0. The van der Waals surface area contributed by atoms with Crippen molar-refractivity contribution in [3.63, 3.8) is 0 Å². The van der Waals surface area contributed by atoms with Gasteiger partial charge in [-0.2, -0.15) is 0 Å². The van der Waals surface area contributed by atoms with E-state index in [1.165, 1.54) is 111 Å². The maximum absolute atomic E-state index is 5.46. The highest BCUT2D eigenvalue weighted by atomic mass is 15.1. The van der Waals surface area contributed by atoms with Gasteiger partial charge in [0.2, 0.25) is 0 Å². The molecule has 572 valence electrons. The molecule has 19 aromatic carbocycles. The van der Waals surface area contributed by atoms with Gasteiger partial charge in [-0.3, -0.25) is 0 Å². The van der Waals surface area contributed by atoms with Crippen LogP contribution in [0.4, 0.5) is 34.1 Å². The number of rotatable bonds is 18. The lowest BCUT2D eigenvalue weighted by Crippen LogP contribution is -2.10. The quantitative estimate of drug-likeness (QED) is 0.0859. The molecular formula is C116H78N6. The van der Waals surface area contributed by atoms with Crippen LogP contribution >= 0.6 is 0 Å². The van der Waals surface area contributed by atoms with E-state index < -0.39 is 0 Å². The van der Waals surface area contributed by atoms with Crippen LogP contribution in [0, 0.1) is 0 Å². The third kappa shape index (κ3) is 13.3. The first-order valence-electron chi connectivity index (χ1n) is 41.7. The highest BCUT2D eigenvalue weighted by Gasteiger charge is 2.24. The average Bonchev–Trinajstić information content (AvgIpc) is 1.58. The van der Waals surface area contributed by atoms with Crippen LogP contribution in [0.2, 0.25) is 0 Å². The van der Waals surface area contributed by atoms with Gasteiger partial charge in [-0.1, -0.05) is 315 Å². The summed E-state index contributed by atoms with van der Waals surface area (Å²) in [4.78, 5) is 15.6. The Bertz CT molecular complexity index is 6880. The van der Waals surface area contributed by atoms with Crippen molar-refractivity contribution >= 4 is 88.8 Å². The molecule has 0 N–H and O–H groups in total. The maximum Gasteiger partial charge on any atom is 0.0973 e. The van der Waals surface area contributed by atoms with Gasteiger partial charge in [0, 0.05) is 78.2 Å². The number of aromatic nitrogens is 4. The molecule has 0 bridgehead atoms. The Kier molecular flexibility index (Phi) is 18.5. The van der Waals surface area contributed by atoms with E-state index in [0.29, 0.717) is 0 Å². The lowest BCUT2D eigenvalue weighted by molar-refractivity contribution is 1.17. The molecule has 0 saturated heterocycles. The van der Waals surface area contributed by atoms with E-state index in [0.717, 1.165) is 101 Å². The van der Waals surface area contributed by atoms with Crippen molar-refractivity contribution < 1.29 is 0 Å². The minimum Gasteiger partial charge on any atom is -0.311 e. The summed E-state index contributed by atoms with van der Waals surface area (Å²) in [5.74, 6) is 0. The number of fused-ring (bicyclic) bond motifs is 7. The summed E-state index contributed by atoms with van der Waals surface area (Å²) in [6, 6.07) is 171. The molecule has 0 aliphatic rings. The number of hydrogen-bond donors (Lipinski definition) is 0. The summed E-state index contributed by atoms with van der Waals surface area (Å²) in [6.45, 7) is 0. The first-order chi connectivity index (χ1) is 60.5. The average molecular weight is 1560 g/mol. The summed E-state index contributed by atoms with van der Waals surface area (Å²) in [5, 5.41) is 4.74. The molecular weight excluding hydrogens is 1480 g/mol. The molecule has 22 aromatic rings. The minimum atomic E-state index is 0.798. The maximum atomic E-state index is 5.46. The monoisotopic (exact) mass is 1550 g/mol. The Labute approximate surface area is 709 Å². The van der Waals surface area contributed by atoms with Crippen molar-refractivity contribution in [1.82, 2.24) is 19.1 Å². The second-order valence-electron chi connectivity index (χ2n) is 31.1. The highest BCUT2D eigenvalue weighted by molar-refractivity contribution is 6.14. The molecule has 6 nitrogen and oxygen atoms in total. The molecule has 0 atom stereocenters. The molecule has 22 rings (SSSR count). The fraction of sp³-hybridized carbons (Fsp3) is 0. The van der Waals surface area contributed by atoms with Gasteiger partial charge in [0.05, 0.1) is 44.5 Å². The molecule has 0 saturated carbocycles. The molecule has 3 heterocycles. The van der Waals surface area contributed by atoms with Crippen molar-refractivity contribution in [2.24, 2.45) is 0 Å². The Morgan fingerprint density at radius 3 is 0.607 bits per heavy atom. The van der Waals surface area contributed by atoms with Gasteiger partial charge in [0.15, 0.2) is 0 Å². The van der Waals surface area contributed by atoms with E-state index in [1.54, 1.807) is 0 Å². The second-order valence-corrected chi connectivity index (χ2v) is 31.1. The van der Waals surface area contributed by atoms with Crippen LogP contribution in [0.15, 0.2) is 473 Å². The summed E-state index contributed by atoms with van der Waals surface area (Å²) in [6.07, 6.45) is 0. The summed E-state index contributed by atoms with van der Waals surface area (Å²) < 4.78 is 4.86. The van der Waals surface area contributed by atoms with Crippen molar-refractivity contribution in [2.75, 3.05) is 9.80 Å². The predicted molar refractivity (Wildman–Crippen MR) is 512 cm³/mol. The zero-order valence-corrected chi connectivity index (χ0v) is 66.7. The molecule has 0 spiro atoms. The summed E-state index contributed by atoms with van der Waals surface area (Å²) in [5.41, 5.74) is 37.0. The standard InChI is InChI=1S/C116H78N6/c1-7-29-79(30-8-1)97-41-19-23-45-101(97)85-55-71-111-105(75-85)106-76-86(102-46-24-20-42-98(102)80-31-9-2-10-32-80)56-72-112(106)121(111)95-67-63-93(64-68-95)119(89-37-15-5-16-38-89)91-59-51-83(52-60-91)115-116(118-110-50-28-27-49-109(110)117-115)84-53-61-92(62-54-84)120(90-39-17-6-18-40-90)94-65-69-96(70-66-94)122-113-73-57-87(103-47-25-21-43-99(103)81-33-11-3-12-34-81)77-107(113)108-78-88(58-74-114(108)122)104-48-26-22-44-100(104)82-35-13-4-14-36-82/h1-78H. The summed E-state index contributed by atoms with van der Waals surface area (Å²) in [7, 11) is 0. The molecule has 0 amide bonds. The molecule has 0 fully saturated rings. The molecule has 0 unspecified atom stereocenters. The molecule has 0 radical (unpaired) electrons. The van der Waals surface area contributed by atoms with E-state index in [4.69, 9.17) is 9.97 Å². The van der Waals surface area contributed by atoms with Gasteiger partial charge in [0.1, 0.15) is 0 Å². The van der Waals surface area contributed by atoms with Gasteiger partial charge in [0.25, 0.3) is 0 Å². The Morgan fingerprint density at radius 1 is 0.156 bits per heavy atom. The van der Waals surface area contributed by atoms with Gasteiger partial charge < -0.3 is 18.9 Å². The summed E-state index contributed by atoms with van der Waals surface area (Å²) >= 11 is 0. The van der Waals surface area contributed by atoms with Crippen LogP contribution in [0.1, 0.15) is 0 Å². The van der Waals surface area contributed by atoms with Gasteiger partial charge in [-0.05, 0) is 247 Å². The first-order valence-corrected chi connectivity index (χ1v) is 41.7. The van der Waals surface area contributed by atoms with E-state index in [1.807, 2.05) is 12.1 Å². The van der Waals surface area contributed by atoms with Crippen molar-refractivity contribution in [3.05, 3.63) is 473 Å². The molecule has 0 aliphatic carbocycles. The number of nitrogens with zero attached hydrogens (tertiary/aromatic N) is 6. The SMILES string of the molecule is c1ccc(-c2ccccc2-c2ccc3c(c2)c2cc(-c4ccccc4-c4ccccc4)ccc2n3-c2ccc(N(c3ccccc3)c3ccc(-c4nc5ccccc5nc4-c4ccc(N(c5ccccc5)c5ccc(-n6c7ccc(-c8ccccc8-c8ccccc8)cc7c7cc(-c8ccccc8-c8ccccc8)ccc76)cc5)cc4)cc3)cc2)cc1. The molecule has 122 heavy (non-hydrogen) atoms. The van der Waals surface area contributed by atoms with Gasteiger partial charge in [-0.15, -0.1) is 0 Å². The van der Waals surface area contributed by atoms with E-state index in [2.05, 4.69) is 480 Å². The van der Waals surface area contributed by atoms with E-state index in [-0.39, 0.29) is 0 Å². The largest absolute Gasteiger partial charge is 0.311 e. The zero-order chi connectivity index (χ0) is 80.8. The Balaban J connectivity index is 0.598. The highest BCUT2D eigenvalue weighted by Crippen LogP contribution is 2.47. The van der Waals surface area contributed by atoms with Crippen LogP contribution in [-0.4, -0.2) is 19.1 Å². The van der Waals surface area contributed by atoms with Crippen molar-refractivity contribution in [2.45, 2.75) is 0 Å². The number of anilines is 6. The van der Waals surface area contributed by atoms with Crippen LogP contribution in [0.3, 0.4) is 0 Å².